The van der Waals surface area contributed by atoms with Gasteiger partial charge in [-0.2, -0.15) is 0 Å². The maximum atomic E-state index is 11.9. The zero-order valence-electron chi connectivity index (χ0n) is 11.8. The van der Waals surface area contributed by atoms with Crippen LogP contribution in [-0.2, 0) is 16.6 Å². The Morgan fingerprint density at radius 2 is 2.11 bits per heavy atom. The highest BCUT2D eigenvalue weighted by molar-refractivity contribution is 6.00. The van der Waals surface area contributed by atoms with E-state index in [-0.39, 0.29) is 17.9 Å². The smallest absolute Gasteiger partial charge is 0.247 e. The fraction of sp³-hybridized carbons (Fsp3) is 0.438. The van der Waals surface area contributed by atoms with Crippen LogP contribution in [0.5, 0.6) is 0 Å². The van der Waals surface area contributed by atoms with E-state index in [0.29, 0.717) is 13.0 Å². The second kappa shape index (κ2) is 5.17. The molecule has 1 aromatic rings. The van der Waals surface area contributed by atoms with Gasteiger partial charge in [-0.15, -0.1) is 0 Å². The summed E-state index contributed by atoms with van der Waals surface area (Å²) in [6.07, 6.45) is 2.63. The molecule has 102 valence electrons. The molecule has 0 atom stereocenters. The zero-order chi connectivity index (χ0) is 14.0. The SMILES string of the molecule is CC(C)(C)c1ccc2c(c1)C=C(C(=O)NCCO)C2. The van der Waals surface area contributed by atoms with E-state index < -0.39 is 0 Å². The highest BCUT2D eigenvalue weighted by atomic mass is 16.3. The van der Waals surface area contributed by atoms with Gasteiger partial charge in [0, 0.05) is 18.5 Å². The molecular weight excluding hydrogens is 238 g/mol. The van der Waals surface area contributed by atoms with Gasteiger partial charge in [-0.3, -0.25) is 4.79 Å². The van der Waals surface area contributed by atoms with Crippen LogP contribution in [0.4, 0.5) is 0 Å². The average molecular weight is 259 g/mol. The number of carbonyl (C=O) groups excluding carboxylic acids is 1. The minimum absolute atomic E-state index is 0.0276. The number of nitrogens with one attached hydrogen (secondary N) is 1. The molecule has 0 aromatic heterocycles. The van der Waals surface area contributed by atoms with E-state index in [1.807, 2.05) is 6.08 Å². The van der Waals surface area contributed by atoms with E-state index >= 15 is 0 Å². The Bertz CT molecular complexity index is 524. The number of hydrogen-bond acceptors (Lipinski definition) is 2. The van der Waals surface area contributed by atoms with Crippen LogP contribution in [0.25, 0.3) is 6.08 Å². The monoisotopic (exact) mass is 259 g/mol. The minimum Gasteiger partial charge on any atom is -0.395 e. The Kier molecular flexibility index (Phi) is 3.76. The van der Waals surface area contributed by atoms with Crippen molar-refractivity contribution in [3.63, 3.8) is 0 Å². The highest BCUT2D eigenvalue weighted by Crippen LogP contribution is 2.30. The fourth-order valence-electron chi connectivity index (χ4n) is 2.23. The zero-order valence-corrected chi connectivity index (χ0v) is 11.8. The Labute approximate surface area is 114 Å². The molecule has 1 aromatic carbocycles. The summed E-state index contributed by atoms with van der Waals surface area (Å²) in [5.41, 5.74) is 4.50. The molecule has 0 bridgehead atoms. The van der Waals surface area contributed by atoms with Crippen LogP contribution in [0.3, 0.4) is 0 Å². The van der Waals surface area contributed by atoms with Crippen LogP contribution in [0.15, 0.2) is 23.8 Å². The summed E-state index contributed by atoms with van der Waals surface area (Å²) in [7, 11) is 0. The first-order valence-electron chi connectivity index (χ1n) is 6.65. The number of amides is 1. The minimum atomic E-state index is -0.0810. The largest absolute Gasteiger partial charge is 0.395 e. The molecule has 0 radical (unpaired) electrons. The van der Waals surface area contributed by atoms with Crippen molar-refractivity contribution in [3.8, 4) is 0 Å². The van der Waals surface area contributed by atoms with Gasteiger partial charge in [-0.1, -0.05) is 39.0 Å². The summed E-state index contributed by atoms with van der Waals surface area (Å²) in [5.74, 6) is -0.0810. The number of rotatable bonds is 3. The lowest BCUT2D eigenvalue weighted by Gasteiger charge is -2.19. The molecule has 1 aliphatic rings. The summed E-state index contributed by atoms with van der Waals surface area (Å²) in [6, 6.07) is 6.42. The molecule has 0 aliphatic heterocycles. The Hall–Kier alpha value is -1.61. The maximum Gasteiger partial charge on any atom is 0.247 e. The van der Waals surface area contributed by atoms with E-state index in [2.05, 4.69) is 44.3 Å². The summed E-state index contributed by atoms with van der Waals surface area (Å²) < 4.78 is 0. The summed E-state index contributed by atoms with van der Waals surface area (Å²) in [6.45, 7) is 6.83. The van der Waals surface area contributed by atoms with Crippen LogP contribution in [0, 0.1) is 0 Å². The van der Waals surface area contributed by atoms with Crippen LogP contribution in [-0.4, -0.2) is 24.2 Å². The van der Waals surface area contributed by atoms with Crippen LogP contribution in [0.1, 0.15) is 37.5 Å². The van der Waals surface area contributed by atoms with Crippen molar-refractivity contribution in [2.45, 2.75) is 32.6 Å². The molecule has 3 heteroatoms. The third kappa shape index (κ3) is 3.04. The molecule has 0 heterocycles. The fourth-order valence-corrected chi connectivity index (χ4v) is 2.23. The van der Waals surface area contributed by atoms with Gasteiger partial charge in [0.1, 0.15) is 0 Å². The maximum absolute atomic E-state index is 11.9. The van der Waals surface area contributed by atoms with Crippen molar-refractivity contribution in [2.24, 2.45) is 0 Å². The van der Waals surface area contributed by atoms with E-state index in [1.54, 1.807) is 0 Å². The molecule has 1 amide bonds. The third-order valence-electron chi connectivity index (χ3n) is 3.41. The lowest BCUT2D eigenvalue weighted by molar-refractivity contribution is -0.117. The van der Waals surface area contributed by atoms with Gasteiger partial charge >= 0.3 is 0 Å². The molecule has 19 heavy (non-hydrogen) atoms. The quantitative estimate of drug-likeness (QED) is 0.872. The number of aliphatic hydroxyl groups is 1. The van der Waals surface area contributed by atoms with Gasteiger partial charge in [0.05, 0.1) is 6.61 Å². The highest BCUT2D eigenvalue weighted by Gasteiger charge is 2.21. The first-order chi connectivity index (χ1) is 8.91. The first kappa shape index (κ1) is 13.8. The summed E-state index contributed by atoms with van der Waals surface area (Å²) >= 11 is 0. The molecule has 3 nitrogen and oxygen atoms in total. The molecule has 0 saturated carbocycles. The Morgan fingerprint density at radius 1 is 1.37 bits per heavy atom. The molecule has 1 aliphatic carbocycles. The van der Waals surface area contributed by atoms with Gasteiger partial charge in [-0.05, 0) is 28.2 Å². The van der Waals surface area contributed by atoms with Crippen molar-refractivity contribution < 1.29 is 9.90 Å². The van der Waals surface area contributed by atoms with Gasteiger partial charge in [0.2, 0.25) is 5.91 Å². The first-order valence-corrected chi connectivity index (χ1v) is 6.65. The topological polar surface area (TPSA) is 49.3 Å². The van der Waals surface area contributed by atoms with Crippen molar-refractivity contribution in [3.05, 3.63) is 40.5 Å². The van der Waals surface area contributed by atoms with E-state index in [9.17, 15) is 4.79 Å². The van der Waals surface area contributed by atoms with Crippen molar-refractivity contribution >= 4 is 12.0 Å². The third-order valence-corrected chi connectivity index (χ3v) is 3.41. The number of aliphatic hydroxyl groups excluding tert-OH is 1. The van der Waals surface area contributed by atoms with Crippen molar-refractivity contribution in [2.75, 3.05) is 13.2 Å². The molecule has 0 unspecified atom stereocenters. The molecule has 2 rings (SSSR count). The molecule has 2 N–H and O–H groups in total. The van der Waals surface area contributed by atoms with E-state index in [4.69, 9.17) is 5.11 Å². The number of benzene rings is 1. The van der Waals surface area contributed by atoms with Gasteiger partial charge in [0.25, 0.3) is 0 Å². The number of hydrogen-bond donors (Lipinski definition) is 2. The molecule has 0 spiro atoms. The summed E-state index contributed by atoms with van der Waals surface area (Å²) in [5, 5.41) is 11.4. The lowest BCUT2D eigenvalue weighted by atomic mass is 9.85. The molecule has 0 fully saturated rings. The second-order valence-electron chi connectivity index (χ2n) is 5.99. The number of fused-ring (bicyclic) bond motifs is 1. The van der Waals surface area contributed by atoms with Crippen LogP contribution < -0.4 is 5.32 Å². The van der Waals surface area contributed by atoms with E-state index in [1.165, 1.54) is 11.1 Å². The number of carbonyl (C=O) groups is 1. The summed E-state index contributed by atoms with van der Waals surface area (Å²) in [4.78, 5) is 11.9. The van der Waals surface area contributed by atoms with Crippen LogP contribution in [0.2, 0.25) is 0 Å². The Balaban J connectivity index is 2.20. The van der Waals surface area contributed by atoms with Gasteiger partial charge < -0.3 is 10.4 Å². The van der Waals surface area contributed by atoms with Crippen LogP contribution >= 0.6 is 0 Å². The predicted molar refractivity (Wildman–Crippen MR) is 76.9 cm³/mol. The van der Waals surface area contributed by atoms with Gasteiger partial charge in [-0.25, -0.2) is 0 Å². The predicted octanol–water partition coefficient (Wildman–Crippen LogP) is 2.03. The lowest BCUT2D eigenvalue weighted by Crippen LogP contribution is -2.27. The van der Waals surface area contributed by atoms with Crippen molar-refractivity contribution in [1.29, 1.82) is 0 Å². The molecular formula is C16H21NO2. The normalized spacial score (nSPS) is 14.0. The van der Waals surface area contributed by atoms with Crippen molar-refractivity contribution in [1.82, 2.24) is 5.32 Å². The second-order valence-corrected chi connectivity index (χ2v) is 5.99. The van der Waals surface area contributed by atoms with Gasteiger partial charge in [0.15, 0.2) is 0 Å². The Morgan fingerprint density at radius 3 is 2.74 bits per heavy atom. The molecule has 0 saturated heterocycles. The van der Waals surface area contributed by atoms with E-state index in [0.717, 1.165) is 11.1 Å². The average Bonchev–Trinajstić information content (AvgIpc) is 2.77. The standard InChI is InChI=1S/C16H21NO2/c1-16(2,3)14-5-4-11-8-13(9-12(11)10-14)15(19)17-6-7-18/h4-5,9-10,18H,6-8H2,1-3H3,(H,17,19).